The molecule has 1 aliphatic heterocycles. The van der Waals surface area contributed by atoms with Gasteiger partial charge in [-0.1, -0.05) is 18.6 Å². The van der Waals surface area contributed by atoms with Gasteiger partial charge in [-0.2, -0.15) is 0 Å². The van der Waals surface area contributed by atoms with E-state index >= 15 is 0 Å². The largest absolute Gasteiger partial charge is 0.462 e. The minimum absolute atomic E-state index is 0.0184. The molecule has 0 amide bonds. The van der Waals surface area contributed by atoms with Crippen molar-refractivity contribution < 1.29 is 29.0 Å². The highest BCUT2D eigenvalue weighted by molar-refractivity contribution is 5.85. The monoisotopic (exact) mass is 428 g/mol. The smallest absolute Gasteiger partial charge is 0.331 e. The third-order valence-corrected chi connectivity index (χ3v) is 9.38. The summed E-state index contributed by atoms with van der Waals surface area (Å²) >= 11 is 0. The Kier molecular flexibility index (Phi) is 4.74. The fourth-order valence-corrected chi connectivity index (χ4v) is 7.98. The Hall–Kier alpha value is -1.95. The van der Waals surface area contributed by atoms with Crippen LogP contribution in [0.2, 0.25) is 0 Å². The number of hydrogen-bond donors (Lipinski definition) is 1. The summed E-state index contributed by atoms with van der Waals surface area (Å²) in [5, 5.41) is 11.7. The number of fused-ring (bicyclic) bond motifs is 5. The fourth-order valence-electron chi connectivity index (χ4n) is 7.98. The van der Waals surface area contributed by atoms with Gasteiger partial charge in [0.15, 0.2) is 0 Å². The Morgan fingerprint density at radius 2 is 2.06 bits per heavy atom. The molecule has 0 spiro atoms. The first-order valence-corrected chi connectivity index (χ1v) is 11.7. The highest BCUT2D eigenvalue weighted by atomic mass is 16.5. The molecule has 0 radical (unpaired) electrons. The Morgan fingerprint density at radius 3 is 2.74 bits per heavy atom. The second-order valence-corrected chi connectivity index (χ2v) is 10.6. The number of hydrogen-bond acceptors (Lipinski definition) is 6. The van der Waals surface area contributed by atoms with Crippen LogP contribution in [0.15, 0.2) is 23.3 Å². The van der Waals surface area contributed by atoms with Crippen LogP contribution in [0.5, 0.6) is 0 Å². The van der Waals surface area contributed by atoms with Gasteiger partial charge in [-0.25, -0.2) is 4.79 Å². The number of aldehydes is 1. The molecule has 0 saturated heterocycles. The third-order valence-electron chi connectivity index (χ3n) is 9.38. The van der Waals surface area contributed by atoms with Gasteiger partial charge >= 0.3 is 11.9 Å². The summed E-state index contributed by atoms with van der Waals surface area (Å²) in [5.74, 6) is 0.0873. The van der Waals surface area contributed by atoms with E-state index in [1.54, 1.807) is 6.08 Å². The second-order valence-electron chi connectivity index (χ2n) is 10.6. The van der Waals surface area contributed by atoms with Crippen molar-refractivity contribution in [2.75, 3.05) is 6.61 Å². The summed E-state index contributed by atoms with van der Waals surface area (Å²) < 4.78 is 10.6. The van der Waals surface area contributed by atoms with Crippen LogP contribution in [0.4, 0.5) is 0 Å². The van der Waals surface area contributed by atoms with E-state index in [2.05, 4.69) is 13.0 Å². The lowest BCUT2D eigenvalue weighted by Gasteiger charge is -2.61. The SMILES string of the molecule is CC(=O)O[C@@H]1CC[C@]2(C=O)[C@@H]3CC[C@]4(C)C(=CC[C@H]4C4=CC(=O)OC4)[C@@H]3CC[C@]2(O)C1. The van der Waals surface area contributed by atoms with Gasteiger partial charge in [-0.3, -0.25) is 4.79 Å². The van der Waals surface area contributed by atoms with E-state index in [0.717, 1.165) is 37.5 Å². The Balaban J connectivity index is 1.43. The lowest BCUT2D eigenvalue weighted by molar-refractivity contribution is -0.206. The molecule has 7 atom stereocenters. The van der Waals surface area contributed by atoms with Gasteiger partial charge in [0.25, 0.3) is 0 Å². The summed E-state index contributed by atoms with van der Waals surface area (Å²) in [6, 6.07) is 0. The normalized spacial score (nSPS) is 46.1. The molecule has 6 nitrogen and oxygen atoms in total. The van der Waals surface area contributed by atoms with Gasteiger partial charge in [0.05, 0.1) is 11.0 Å². The molecule has 3 fully saturated rings. The van der Waals surface area contributed by atoms with Gasteiger partial charge in [0, 0.05) is 19.4 Å². The molecule has 5 rings (SSSR count). The lowest BCUT2D eigenvalue weighted by atomic mass is 9.44. The molecule has 0 bridgehead atoms. The standard InChI is InChI=1S/C25H32O6/c1-15(27)31-17-5-9-24(14-26)21-7-8-23(2)19(16-11-22(28)30-13-16)3-4-20(23)18(21)6-10-25(24,29)12-17/h4,11,14,17-19,21,29H,3,5-10,12-13H2,1-2H3/t17-,18+,19+,21-,23+,24+,25+/m1/s1. The van der Waals surface area contributed by atoms with Crippen LogP contribution < -0.4 is 0 Å². The van der Waals surface area contributed by atoms with Crippen LogP contribution in [-0.2, 0) is 23.9 Å². The molecule has 0 aromatic rings. The summed E-state index contributed by atoms with van der Waals surface area (Å²) in [5.41, 5.74) is 0.596. The molecule has 168 valence electrons. The van der Waals surface area contributed by atoms with E-state index in [9.17, 15) is 19.5 Å². The van der Waals surface area contributed by atoms with Gasteiger partial charge < -0.3 is 19.4 Å². The molecule has 0 aromatic carbocycles. The average molecular weight is 429 g/mol. The molecule has 5 aliphatic rings. The van der Waals surface area contributed by atoms with Crippen LogP contribution in [0.1, 0.15) is 65.2 Å². The summed E-state index contributed by atoms with van der Waals surface area (Å²) in [6.45, 7) is 4.10. The number of cyclic esters (lactones) is 1. The molecule has 0 aromatic heterocycles. The molecule has 0 unspecified atom stereocenters. The van der Waals surface area contributed by atoms with Crippen LogP contribution >= 0.6 is 0 Å². The van der Waals surface area contributed by atoms with Gasteiger partial charge in [0.1, 0.15) is 19.0 Å². The maximum absolute atomic E-state index is 12.6. The van der Waals surface area contributed by atoms with E-state index in [-0.39, 0.29) is 41.2 Å². The first kappa shape index (κ1) is 20.9. The van der Waals surface area contributed by atoms with Crippen molar-refractivity contribution >= 4 is 18.2 Å². The van der Waals surface area contributed by atoms with Gasteiger partial charge in [0.2, 0.25) is 0 Å². The van der Waals surface area contributed by atoms with Gasteiger partial charge in [-0.05, 0) is 73.7 Å². The van der Waals surface area contributed by atoms with E-state index in [4.69, 9.17) is 9.47 Å². The van der Waals surface area contributed by atoms with E-state index in [1.165, 1.54) is 12.5 Å². The predicted molar refractivity (Wildman–Crippen MR) is 112 cm³/mol. The van der Waals surface area contributed by atoms with E-state index in [1.807, 2.05) is 0 Å². The van der Waals surface area contributed by atoms with Gasteiger partial charge in [-0.15, -0.1) is 0 Å². The van der Waals surface area contributed by atoms with Crippen LogP contribution in [-0.4, -0.2) is 41.6 Å². The van der Waals surface area contributed by atoms with Crippen molar-refractivity contribution in [3.63, 3.8) is 0 Å². The lowest BCUT2D eigenvalue weighted by Crippen LogP contribution is -2.64. The number of aliphatic hydroxyl groups is 1. The summed E-state index contributed by atoms with van der Waals surface area (Å²) in [4.78, 5) is 35.8. The van der Waals surface area contributed by atoms with Crippen molar-refractivity contribution in [2.24, 2.45) is 28.6 Å². The number of carbonyl (C=O) groups excluding carboxylic acids is 3. The number of esters is 2. The summed E-state index contributed by atoms with van der Waals surface area (Å²) in [6.07, 6.45) is 10.4. The maximum atomic E-state index is 12.6. The number of allylic oxidation sites excluding steroid dienone is 2. The molecule has 1 heterocycles. The molecular formula is C25H32O6. The minimum atomic E-state index is -1.12. The third kappa shape index (κ3) is 2.90. The topological polar surface area (TPSA) is 89.9 Å². The van der Waals surface area contributed by atoms with Crippen molar-refractivity contribution in [1.29, 1.82) is 0 Å². The summed E-state index contributed by atoms with van der Waals surface area (Å²) in [7, 11) is 0. The van der Waals surface area contributed by atoms with Crippen LogP contribution in [0.3, 0.4) is 0 Å². The Bertz CT molecular complexity index is 888. The highest BCUT2D eigenvalue weighted by Gasteiger charge is 2.65. The van der Waals surface area contributed by atoms with Crippen LogP contribution in [0, 0.1) is 28.6 Å². The average Bonchev–Trinajstić information content (AvgIpc) is 3.29. The van der Waals surface area contributed by atoms with Crippen molar-refractivity contribution in [2.45, 2.75) is 76.9 Å². The van der Waals surface area contributed by atoms with Crippen LogP contribution in [0.25, 0.3) is 0 Å². The molecule has 1 N–H and O–H groups in total. The van der Waals surface area contributed by atoms with Crippen molar-refractivity contribution in [1.82, 2.24) is 0 Å². The predicted octanol–water partition coefficient (Wildman–Crippen LogP) is 3.27. The highest BCUT2D eigenvalue weighted by Crippen LogP contribution is 2.67. The molecule has 3 saturated carbocycles. The van der Waals surface area contributed by atoms with Crippen molar-refractivity contribution in [3.8, 4) is 0 Å². The first-order valence-electron chi connectivity index (χ1n) is 11.7. The quantitative estimate of drug-likeness (QED) is 0.422. The maximum Gasteiger partial charge on any atom is 0.331 e. The van der Waals surface area contributed by atoms with E-state index in [0.29, 0.717) is 32.3 Å². The fraction of sp³-hybridized carbons (Fsp3) is 0.720. The second kappa shape index (κ2) is 7.03. The number of carbonyl (C=O) groups is 3. The minimum Gasteiger partial charge on any atom is -0.462 e. The zero-order valence-electron chi connectivity index (χ0n) is 18.4. The Labute approximate surface area is 183 Å². The number of rotatable bonds is 3. The molecular weight excluding hydrogens is 396 g/mol. The zero-order valence-corrected chi connectivity index (χ0v) is 18.4. The first-order chi connectivity index (χ1) is 14.7. The molecule has 4 aliphatic carbocycles. The number of ether oxygens (including phenoxy) is 2. The zero-order chi connectivity index (χ0) is 22.0. The molecule has 6 heteroatoms. The van der Waals surface area contributed by atoms with E-state index < -0.39 is 11.0 Å². The van der Waals surface area contributed by atoms with Crippen molar-refractivity contribution in [3.05, 3.63) is 23.3 Å². The molecule has 31 heavy (non-hydrogen) atoms. The Morgan fingerprint density at radius 1 is 1.26 bits per heavy atom.